The van der Waals surface area contributed by atoms with Gasteiger partial charge in [0.2, 0.25) is 0 Å². The molecule has 0 aromatic rings. The summed E-state index contributed by atoms with van der Waals surface area (Å²) in [6.45, 7) is 0. The number of hydrogen-bond acceptors (Lipinski definition) is 16. The number of phosphoric acid groups is 2. The zero-order valence-corrected chi connectivity index (χ0v) is 36.7. The van der Waals surface area contributed by atoms with E-state index in [0.717, 1.165) is 6.35 Å². The van der Waals surface area contributed by atoms with Crippen molar-refractivity contribution in [3.8, 4) is 0 Å². The summed E-state index contributed by atoms with van der Waals surface area (Å²) in [4.78, 5) is 258. The summed E-state index contributed by atoms with van der Waals surface area (Å²) in [5.41, 5.74) is -158. The second kappa shape index (κ2) is 5.44. The van der Waals surface area contributed by atoms with Crippen molar-refractivity contribution in [2.45, 2.75) is 0 Å². The van der Waals surface area contributed by atoms with Crippen LogP contribution in [-0.4, -0.2) is 117 Å². The maximum absolute atomic E-state index is 29.9. The summed E-state index contributed by atoms with van der Waals surface area (Å²) >= 11 is 0. The molecule has 40 nitrogen and oxygen atoms in total. The molecule has 0 unspecified atom stereocenters. The van der Waals surface area contributed by atoms with Crippen LogP contribution in [0.2, 0.25) is 0 Å². The van der Waals surface area contributed by atoms with Gasteiger partial charge in [0, 0.05) is 0 Å². The molecule has 0 bridgehead atoms. The van der Waals surface area contributed by atoms with Crippen molar-refractivity contribution in [2.75, 3.05) is 0 Å². The van der Waals surface area contributed by atoms with E-state index in [9.17, 15) is 172 Å². The van der Waals surface area contributed by atoms with E-state index in [1.807, 2.05) is 0 Å². The molecule has 330 valence electrons. The zero-order chi connectivity index (χ0) is 45.7. The van der Waals surface area contributed by atoms with E-state index >= 15 is 6.80 Å². The van der Waals surface area contributed by atoms with Crippen LogP contribution in [0.4, 0.5) is 0 Å². The fourth-order valence-corrected chi connectivity index (χ4v) is 594. The van der Waals surface area contributed by atoms with Gasteiger partial charge in [-0.3, -0.25) is 0 Å². The molecular weight excluding hydrogens is 1200 g/mol. The Morgan fingerprint density at radius 2 is 0.302 bits per heavy atom. The van der Waals surface area contributed by atoms with Crippen molar-refractivity contribution in [1.29, 1.82) is 0 Å². The summed E-state index contributed by atoms with van der Waals surface area (Å²) in [7, 11) is -23.9. The van der Waals surface area contributed by atoms with Crippen molar-refractivity contribution < 1.29 is 185 Å². The average Bonchev–Trinajstić information content (AvgIpc) is 2.63. The van der Waals surface area contributed by atoms with E-state index in [4.69, 9.17) is 0 Å². The van der Waals surface area contributed by atoms with E-state index in [2.05, 4.69) is 0 Å². The van der Waals surface area contributed by atoms with Crippen LogP contribution < -0.4 is 0 Å². The predicted octanol–water partition coefficient (Wildman–Crippen LogP) is -4.84. The van der Waals surface area contributed by atoms with Crippen LogP contribution in [0.15, 0.2) is 0 Å². The quantitative estimate of drug-likeness (QED) is 0.0726. The molecule has 0 amide bonds. The van der Waals surface area contributed by atoms with Gasteiger partial charge in [-0.05, 0) is 0 Å². The van der Waals surface area contributed by atoms with Crippen molar-refractivity contribution >= 4 is 72.5 Å². The molecule has 0 aromatic carbocycles. The van der Waals surface area contributed by atoms with E-state index in [1.54, 1.807) is 0 Å². The molecule has 0 fully saturated rings. The molecule has 24 N–H and O–H groups in total. The van der Waals surface area contributed by atoms with Crippen LogP contribution in [-0.2, 0) is 67.1 Å². The first-order valence-corrected chi connectivity index (χ1v) is 72.4. The molecule has 53 heteroatoms. The Balaban J connectivity index is 19.2. The van der Waals surface area contributed by atoms with E-state index in [0.29, 0.717) is 0 Å². The first-order chi connectivity index (χ1) is 21.0. The first-order valence-electron chi connectivity index (χ1n) is 9.85. The minimum absolute atomic E-state index is 0.806. The third-order valence-electron chi connectivity index (χ3n) is 14.5. The molecule has 0 heterocycles. The molecule has 0 saturated carbocycles. The standard InChI is InChI=1S/2H3O4P.10HO3P.2O.W/c2*1-5(2,3)4;10*1-4(2)3;;;/h2*(H3,1,2,3,4);10*(H-,1,2,3);;;/q;;;;;;;;;;;;;;-8/p+8. The monoisotopic (exact) mass is 1220 g/mol. The number of hydrogen-bond donors (Lipinski definition) is 24. The van der Waals surface area contributed by atoms with Crippen molar-refractivity contribution in [3.05, 3.63) is 0 Å². The zero-order valence-electron chi connectivity index (χ0n) is 23.0. The molecule has 0 rings (SSSR count). The Hall–Kier alpha value is 2.01. The summed E-state index contributed by atoms with van der Waals surface area (Å²) in [5, 5.41) is 0. The first kappa shape index (κ1) is 55.0. The topological polar surface area (TPSA) is 743 Å². The summed E-state index contributed by atoms with van der Waals surface area (Å²) in [5.74, 6) is 0. The van der Waals surface area contributed by atoms with Gasteiger partial charge in [-0.25, -0.2) is 0 Å². The molecule has 53 heavy (non-hydrogen) atoms. The van der Waals surface area contributed by atoms with Crippen LogP contribution in [0.5, 0.6) is 0 Å². The number of rotatable bonds is 14. The molecular formula is H24O40P12W. The van der Waals surface area contributed by atoms with Gasteiger partial charge >= 0.3 is 257 Å². The van der Waals surface area contributed by atoms with Crippen LogP contribution in [0.25, 0.3) is 0 Å². The van der Waals surface area contributed by atoms with Crippen molar-refractivity contribution in [1.82, 2.24) is 0 Å². The average molecular weight is 1220 g/mol. The van der Waals surface area contributed by atoms with Crippen LogP contribution in [0.3, 0.4) is 0 Å². The van der Waals surface area contributed by atoms with Gasteiger partial charge in [0.05, 0.1) is 0 Å². The van der Waals surface area contributed by atoms with Gasteiger partial charge in [0.25, 0.3) is 0 Å². The third-order valence-corrected chi connectivity index (χ3v) is 859. The van der Waals surface area contributed by atoms with E-state index < -0.39 is 71.7 Å². The van der Waals surface area contributed by atoms with Gasteiger partial charge < -0.3 is 0 Å². The summed E-state index contributed by atoms with van der Waals surface area (Å²) < 4.78 is 183. The second-order valence-electron chi connectivity index (χ2n) is 13.1. The molecule has 0 aliphatic carbocycles. The van der Waals surface area contributed by atoms with Gasteiger partial charge in [0.15, 0.2) is 0 Å². The van der Waals surface area contributed by atoms with Crippen molar-refractivity contribution in [2.24, 2.45) is 0 Å². The molecule has 0 aliphatic heterocycles. The Labute approximate surface area is 256 Å². The fraction of sp³-hybridized carbons (Fsp3) is 0. The van der Waals surface area contributed by atoms with E-state index in [-0.39, 0.29) is 0 Å². The molecule has 0 saturated heterocycles. The normalized spacial score (nSPS) is 28.0. The Morgan fingerprint density at radius 1 is 0.226 bits per heavy atom. The minimum atomic E-state index is -29.9. The van der Waals surface area contributed by atoms with Crippen LogP contribution in [0.1, 0.15) is 0 Å². The molecule has 0 aliphatic rings. The van der Waals surface area contributed by atoms with Gasteiger partial charge in [0.1, 0.15) is 0 Å². The SMILES string of the molecule is O=P(O)(O)[O][W](=[O])(=[O])([O]P(=O)(O)O)([P](=O)(O)O)([P](=O)(O)O)([P](=O)(O)O)([P](=O)(O)O)([P](=O)(O)O)([P](=O)(O)O)([P](=O)(O)O)([P](=O)(O)O)([P](=O)(O)O)[P](=O)(O)O. The molecule has 0 aromatic heterocycles. The third kappa shape index (κ3) is 0.813. The van der Waals surface area contributed by atoms with Gasteiger partial charge in [-0.1, -0.05) is 0 Å². The molecule has 0 radical (unpaired) electrons. The predicted molar refractivity (Wildman–Crippen MR) is 148 cm³/mol. The van der Waals surface area contributed by atoms with Crippen LogP contribution >= 0.6 is 72.5 Å². The van der Waals surface area contributed by atoms with Crippen molar-refractivity contribution in [3.63, 3.8) is 0 Å². The van der Waals surface area contributed by atoms with Crippen LogP contribution in [0, 0.1) is 0 Å². The van der Waals surface area contributed by atoms with Gasteiger partial charge in [-0.15, -0.1) is 0 Å². The fourth-order valence-electron chi connectivity index (χ4n) is 8.22. The van der Waals surface area contributed by atoms with Gasteiger partial charge in [-0.2, -0.15) is 0 Å². The maximum atomic E-state index is 18.6. The van der Waals surface area contributed by atoms with E-state index in [1.165, 1.54) is 0 Å². The molecule has 0 atom stereocenters. The summed E-state index contributed by atoms with van der Waals surface area (Å²) in [6.07, 6.45) is 0. The molecule has 0 spiro atoms. The second-order valence-corrected chi connectivity index (χ2v) is 420. The Kier molecular flexibility index (Phi) is 5.65. The summed E-state index contributed by atoms with van der Waals surface area (Å²) in [6, 6.07) is 0. The Bertz CT molecular complexity index is 2800. The Morgan fingerprint density at radius 3 is 0.340 bits per heavy atom.